The molecule has 0 amide bonds. The molecule has 1 aromatic carbocycles. The van der Waals surface area contributed by atoms with Crippen molar-refractivity contribution >= 4 is 17.3 Å². The van der Waals surface area contributed by atoms with Gasteiger partial charge >= 0.3 is 0 Å². The molecular weight excluding hydrogens is 216 g/mol. The van der Waals surface area contributed by atoms with E-state index in [4.69, 9.17) is 18.0 Å². The van der Waals surface area contributed by atoms with Crippen LogP contribution in [0.5, 0.6) is 0 Å². The number of rotatable bonds is 2. The molecule has 1 fully saturated rings. The fourth-order valence-corrected chi connectivity index (χ4v) is 2.49. The van der Waals surface area contributed by atoms with E-state index in [9.17, 15) is 0 Å². The van der Waals surface area contributed by atoms with Gasteiger partial charge in [-0.1, -0.05) is 30.3 Å². The van der Waals surface area contributed by atoms with E-state index in [0.29, 0.717) is 5.11 Å². The lowest BCUT2D eigenvalue weighted by Gasteiger charge is -2.32. The van der Waals surface area contributed by atoms with Crippen LogP contribution in [-0.2, 0) is 6.42 Å². The second-order valence-electron chi connectivity index (χ2n) is 4.46. The largest absolute Gasteiger partial charge is 0.376 e. The van der Waals surface area contributed by atoms with Crippen molar-refractivity contribution in [2.75, 3.05) is 13.1 Å². The van der Waals surface area contributed by atoms with Gasteiger partial charge in [0.15, 0.2) is 5.11 Å². The Kier molecular flexibility index (Phi) is 3.78. The molecule has 0 aromatic heterocycles. The van der Waals surface area contributed by atoms with Crippen LogP contribution in [0.15, 0.2) is 30.3 Å². The smallest absolute Gasteiger partial charge is 0.166 e. The van der Waals surface area contributed by atoms with Crippen LogP contribution in [0.2, 0.25) is 0 Å². The maximum atomic E-state index is 5.62. The van der Waals surface area contributed by atoms with Gasteiger partial charge in [-0.15, -0.1) is 0 Å². The summed E-state index contributed by atoms with van der Waals surface area (Å²) in [7, 11) is 0. The molecule has 2 nitrogen and oxygen atoms in total. The number of nitrogens with two attached hydrogens (primary N) is 1. The highest BCUT2D eigenvalue weighted by molar-refractivity contribution is 7.80. The third-order valence-corrected chi connectivity index (χ3v) is 3.55. The van der Waals surface area contributed by atoms with Crippen molar-refractivity contribution in [1.82, 2.24) is 4.90 Å². The van der Waals surface area contributed by atoms with Crippen LogP contribution < -0.4 is 5.73 Å². The third-order valence-electron chi connectivity index (χ3n) is 3.29. The molecule has 2 rings (SSSR count). The molecule has 1 saturated heterocycles. The molecule has 0 unspecified atom stereocenters. The van der Waals surface area contributed by atoms with Crippen LogP contribution in [0.1, 0.15) is 18.4 Å². The first kappa shape index (κ1) is 11.4. The predicted octanol–water partition coefficient (Wildman–Crippen LogP) is 2.18. The Morgan fingerprint density at radius 2 is 1.88 bits per heavy atom. The van der Waals surface area contributed by atoms with Crippen molar-refractivity contribution in [2.45, 2.75) is 19.3 Å². The predicted molar refractivity (Wildman–Crippen MR) is 71.2 cm³/mol. The van der Waals surface area contributed by atoms with Gasteiger partial charge in [0.25, 0.3) is 0 Å². The fraction of sp³-hybridized carbons (Fsp3) is 0.462. The Morgan fingerprint density at radius 3 is 2.44 bits per heavy atom. The summed E-state index contributed by atoms with van der Waals surface area (Å²) in [6.07, 6.45) is 3.59. The summed E-state index contributed by atoms with van der Waals surface area (Å²) in [5.41, 5.74) is 7.06. The summed E-state index contributed by atoms with van der Waals surface area (Å²) >= 11 is 4.99. The first-order chi connectivity index (χ1) is 7.75. The first-order valence-corrected chi connectivity index (χ1v) is 6.25. The molecule has 1 heterocycles. The molecule has 0 radical (unpaired) electrons. The van der Waals surface area contributed by atoms with E-state index in [1.807, 2.05) is 0 Å². The van der Waals surface area contributed by atoms with Gasteiger partial charge in [0, 0.05) is 13.1 Å². The molecule has 1 aromatic rings. The number of benzene rings is 1. The van der Waals surface area contributed by atoms with Crippen molar-refractivity contribution < 1.29 is 0 Å². The summed E-state index contributed by atoms with van der Waals surface area (Å²) in [4.78, 5) is 2.11. The minimum Gasteiger partial charge on any atom is -0.376 e. The Morgan fingerprint density at radius 1 is 1.25 bits per heavy atom. The van der Waals surface area contributed by atoms with Gasteiger partial charge < -0.3 is 10.6 Å². The lowest BCUT2D eigenvalue weighted by atomic mass is 9.90. The highest BCUT2D eigenvalue weighted by Crippen LogP contribution is 2.21. The molecular formula is C13H18N2S. The second kappa shape index (κ2) is 5.30. The van der Waals surface area contributed by atoms with Crippen LogP contribution in [0, 0.1) is 5.92 Å². The Labute approximate surface area is 102 Å². The van der Waals surface area contributed by atoms with Gasteiger partial charge in [0.2, 0.25) is 0 Å². The molecule has 86 valence electrons. The van der Waals surface area contributed by atoms with Crippen molar-refractivity contribution in [3.05, 3.63) is 35.9 Å². The van der Waals surface area contributed by atoms with E-state index >= 15 is 0 Å². The standard InChI is InChI=1S/C13H18N2S/c14-13(16)15-8-6-12(7-9-15)10-11-4-2-1-3-5-11/h1-5,12H,6-10H2,(H2,14,16). The van der Waals surface area contributed by atoms with Gasteiger partial charge in [-0.05, 0) is 43.0 Å². The van der Waals surface area contributed by atoms with Crippen LogP contribution in [-0.4, -0.2) is 23.1 Å². The average Bonchev–Trinajstić information content (AvgIpc) is 2.31. The topological polar surface area (TPSA) is 29.3 Å². The molecule has 0 spiro atoms. The van der Waals surface area contributed by atoms with E-state index < -0.39 is 0 Å². The van der Waals surface area contributed by atoms with Crippen LogP contribution >= 0.6 is 12.2 Å². The molecule has 0 bridgehead atoms. The average molecular weight is 234 g/mol. The number of thiocarbonyl (C=S) groups is 1. The summed E-state index contributed by atoms with van der Waals surface area (Å²) in [5, 5.41) is 0.554. The Balaban J connectivity index is 1.84. The highest BCUT2D eigenvalue weighted by atomic mass is 32.1. The normalized spacial score (nSPS) is 17.4. The number of hydrogen-bond acceptors (Lipinski definition) is 1. The van der Waals surface area contributed by atoms with Crippen molar-refractivity contribution in [3.63, 3.8) is 0 Å². The minimum atomic E-state index is 0.554. The van der Waals surface area contributed by atoms with Gasteiger partial charge in [-0.3, -0.25) is 0 Å². The lowest BCUT2D eigenvalue weighted by molar-refractivity contribution is 0.266. The maximum Gasteiger partial charge on any atom is 0.166 e. The van der Waals surface area contributed by atoms with Crippen molar-refractivity contribution in [2.24, 2.45) is 11.7 Å². The van der Waals surface area contributed by atoms with Gasteiger partial charge in [0.05, 0.1) is 0 Å². The van der Waals surface area contributed by atoms with Crippen LogP contribution in [0.3, 0.4) is 0 Å². The second-order valence-corrected chi connectivity index (χ2v) is 4.88. The monoisotopic (exact) mass is 234 g/mol. The Hall–Kier alpha value is -1.09. The molecule has 0 aliphatic carbocycles. The summed E-state index contributed by atoms with van der Waals surface area (Å²) in [5.74, 6) is 0.785. The molecule has 0 saturated carbocycles. The number of likely N-dealkylation sites (tertiary alicyclic amines) is 1. The number of piperidine rings is 1. The van der Waals surface area contributed by atoms with Crippen molar-refractivity contribution in [1.29, 1.82) is 0 Å². The van der Waals surface area contributed by atoms with Gasteiger partial charge in [-0.2, -0.15) is 0 Å². The SMILES string of the molecule is NC(=S)N1CCC(Cc2ccccc2)CC1. The molecule has 2 N–H and O–H groups in total. The zero-order valence-corrected chi connectivity index (χ0v) is 10.2. The molecule has 0 atom stereocenters. The van der Waals surface area contributed by atoms with Crippen LogP contribution in [0.4, 0.5) is 0 Å². The van der Waals surface area contributed by atoms with E-state index in [1.165, 1.54) is 24.8 Å². The maximum absolute atomic E-state index is 5.62. The summed E-state index contributed by atoms with van der Waals surface area (Å²) in [6.45, 7) is 2.04. The molecule has 16 heavy (non-hydrogen) atoms. The van der Waals surface area contributed by atoms with E-state index in [2.05, 4.69) is 35.2 Å². The molecule has 1 aliphatic rings. The summed E-state index contributed by atoms with van der Waals surface area (Å²) in [6, 6.07) is 10.7. The zero-order chi connectivity index (χ0) is 11.4. The first-order valence-electron chi connectivity index (χ1n) is 5.84. The zero-order valence-electron chi connectivity index (χ0n) is 9.43. The molecule has 1 aliphatic heterocycles. The van der Waals surface area contributed by atoms with Crippen LogP contribution in [0.25, 0.3) is 0 Å². The lowest BCUT2D eigenvalue weighted by Crippen LogP contribution is -2.41. The van der Waals surface area contributed by atoms with E-state index in [0.717, 1.165) is 19.0 Å². The minimum absolute atomic E-state index is 0.554. The third kappa shape index (κ3) is 2.95. The quantitative estimate of drug-likeness (QED) is 0.795. The summed E-state index contributed by atoms with van der Waals surface area (Å²) < 4.78 is 0. The number of hydrogen-bond donors (Lipinski definition) is 1. The van der Waals surface area contributed by atoms with E-state index in [-0.39, 0.29) is 0 Å². The number of nitrogens with zero attached hydrogens (tertiary/aromatic N) is 1. The highest BCUT2D eigenvalue weighted by Gasteiger charge is 2.19. The van der Waals surface area contributed by atoms with Gasteiger partial charge in [-0.25, -0.2) is 0 Å². The Bertz CT molecular complexity index is 342. The van der Waals surface area contributed by atoms with E-state index in [1.54, 1.807) is 0 Å². The fourth-order valence-electron chi connectivity index (χ4n) is 2.30. The molecule has 3 heteroatoms. The van der Waals surface area contributed by atoms with Gasteiger partial charge in [0.1, 0.15) is 0 Å². The van der Waals surface area contributed by atoms with Crippen molar-refractivity contribution in [3.8, 4) is 0 Å².